The number of ether oxygens (including phenoxy) is 6. The second-order valence-electron chi connectivity index (χ2n) is 12.4. The number of aromatic nitrogens is 2. The number of benzene rings is 1. The molecule has 0 bridgehead atoms. The highest BCUT2D eigenvalue weighted by Gasteiger charge is 2.40. The summed E-state index contributed by atoms with van der Waals surface area (Å²) in [7, 11) is 9.87. The predicted octanol–water partition coefficient (Wildman–Crippen LogP) is 5.61. The number of methoxy groups -OCH3 is 6. The van der Waals surface area contributed by atoms with Crippen LogP contribution in [0.15, 0.2) is 66.7 Å². The topological polar surface area (TPSA) is 87.6 Å². The van der Waals surface area contributed by atoms with Gasteiger partial charge in [0.15, 0.2) is 11.5 Å². The fraction of sp³-hybridized carbons (Fsp3) is 0.459. The van der Waals surface area contributed by atoms with Crippen LogP contribution in [0.3, 0.4) is 0 Å². The second kappa shape index (κ2) is 14.9. The summed E-state index contributed by atoms with van der Waals surface area (Å²) in [6.45, 7) is 10.2. The first-order valence-electron chi connectivity index (χ1n) is 15.9. The monoisotopic (exact) mass is 644 g/mol. The maximum absolute atomic E-state index is 5.87. The van der Waals surface area contributed by atoms with E-state index in [2.05, 4.69) is 59.0 Å². The van der Waals surface area contributed by atoms with Crippen LogP contribution in [0.4, 0.5) is 0 Å². The summed E-state index contributed by atoms with van der Waals surface area (Å²) in [5, 5.41) is 0. The summed E-state index contributed by atoms with van der Waals surface area (Å²) < 4.78 is 33.9. The molecule has 1 fully saturated rings. The third-order valence-electron chi connectivity index (χ3n) is 9.28. The van der Waals surface area contributed by atoms with Gasteiger partial charge in [-0.1, -0.05) is 0 Å². The molecule has 5 rings (SSSR count). The van der Waals surface area contributed by atoms with Crippen molar-refractivity contribution in [3.63, 3.8) is 0 Å². The molecule has 1 aliphatic heterocycles. The number of pyridine rings is 2. The molecule has 0 N–H and O–H groups in total. The Balaban J connectivity index is 1.28. The predicted molar refractivity (Wildman–Crippen MR) is 183 cm³/mol. The van der Waals surface area contributed by atoms with Crippen LogP contribution >= 0.6 is 0 Å². The lowest BCUT2D eigenvalue weighted by atomic mass is 9.87. The molecule has 3 heterocycles. The first kappa shape index (κ1) is 34.4. The van der Waals surface area contributed by atoms with Gasteiger partial charge in [0.2, 0.25) is 5.75 Å². The van der Waals surface area contributed by atoms with Gasteiger partial charge >= 0.3 is 0 Å². The average molecular weight is 645 g/mol. The number of allylic oxidation sites excluding steroid dienone is 2. The number of nitrogens with zero attached hydrogens (tertiary/aromatic N) is 4. The summed E-state index contributed by atoms with van der Waals surface area (Å²) in [6.07, 6.45) is 7.49. The lowest BCUT2D eigenvalue weighted by Crippen LogP contribution is -2.55. The van der Waals surface area contributed by atoms with Gasteiger partial charge in [0.1, 0.15) is 17.5 Å². The third-order valence-corrected chi connectivity index (χ3v) is 9.28. The van der Waals surface area contributed by atoms with Crippen LogP contribution in [0, 0.1) is 0 Å². The van der Waals surface area contributed by atoms with Crippen molar-refractivity contribution in [1.29, 1.82) is 0 Å². The van der Waals surface area contributed by atoms with Crippen LogP contribution in [0.5, 0.6) is 17.2 Å². The Morgan fingerprint density at radius 3 is 1.91 bits per heavy atom. The Morgan fingerprint density at radius 1 is 0.766 bits per heavy atom. The quantitative estimate of drug-likeness (QED) is 0.248. The minimum absolute atomic E-state index is 0.337. The highest BCUT2D eigenvalue weighted by atomic mass is 16.6. The molecule has 0 spiro atoms. The normalized spacial score (nSPS) is 23.6. The van der Waals surface area contributed by atoms with Crippen molar-refractivity contribution < 1.29 is 28.4 Å². The molecular formula is C37H48N4O6. The van der Waals surface area contributed by atoms with E-state index in [9.17, 15) is 0 Å². The van der Waals surface area contributed by atoms with Crippen LogP contribution in [0.2, 0.25) is 0 Å². The molecule has 1 saturated heterocycles. The highest BCUT2D eigenvalue weighted by Crippen LogP contribution is 2.41. The molecule has 0 amide bonds. The molecule has 10 nitrogen and oxygen atoms in total. The highest BCUT2D eigenvalue weighted by molar-refractivity contribution is 5.75. The molecule has 0 saturated carbocycles. The molecule has 3 aromatic rings. The Labute approximate surface area is 278 Å². The van der Waals surface area contributed by atoms with E-state index < -0.39 is 5.60 Å². The van der Waals surface area contributed by atoms with Crippen LogP contribution in [0.1, 0.15) is 37.6 Å². The van der Waals surface area contributed by atoms with Gasteiger partial charge in [-0.15, -0.1) is 0 Å². The van der Waals surface area contributed by atoms with E-state index in [0.29, 0.717) is 35.1 Å². The first-order chi connectivity index (χ1) is 22.7. The Bertz CT molecular complexity index is 1570. The number of hydrogen-bond donors (Lipinski definition) is 0. The maximum Gasteiger partial charge on any atom is 0.203 e. The van der Waals surface area contributed by atoms with E-state index in [1.807, 2.05) is 37.5 Å². The lowest BCUT2D eigenvalue weighted by molar-refractivity contribution is -0.0776. The van der Waals surface area contributed by atoms with Gasteiger partial charge in [-0.05, 0) is 80.4 Å². The second-order valence-corrected chi connectivity index (χ2v) is 12.4. The molecule has 1 aliphatic carbocycles. The van der Waals surface area contributed by atoms with E-state index in [0.717, 1.165) is 48.7 Å². The minimum Gasteiger partial charge on any atom is -0.498 e. The summed E-state index contributed by atoms with van der Waals surface area (Å²) >= 11 is 0. The zero-order valence-corrected chi connectivity index (χ0v) is 29.1. The molecule has 47 heavy (non-hydrogen) atoms. The van der Waals surface area contributed by atoms with Crippen molar-refractivity contribution in [3.05, 3.63) is 83.5 Å². The van der Waals surface area contributed by atoms with Gasteiger partial charge in [-0.25, -0.2) is 0 Å². The Hall–Kier alpha value is -3.96. The molecule has 2 aromatic heterocycles. The molecule has 2 aliphatic rings. The average Bonchev–Trinajstić information content (AvgIpc) is 3.08. The number of rotatable bonds is 12. The van der Waals surface area contributed by atoms with Gasteiger partial charge in [0, 0.05) is 76.0 Å². The van der Waals surface area contributed by atoms with Crippen molar-refractivity contribution in [2.24, 2.45) is 0 Å². The van der Waals surface area contributed by atoms with Gasteiger partial charge in [-0.3, -0.25) is 19.8 Å². The fourth-order valence-corrected chi connectivity index (χ4v) is 6.83. The zero-order chi connectivity index (χ0) is 33.7. The van der Waals surface area contributed by atoms with Crippen molar-refractivity contribution >= 4 is 5.57 Å². The van der Waals surface area contributed by atoms with E-state index >= 15 is 0 Å². The summed E-state index contributed by atoms with van der Waals surface area (Å²) in [6, 6.07) is 13.1. The molecule has 4 atom stereocenters. The zero-order valence-electron chi connectivity index (χ0n) is 29.1. The van der Waals surface area contributed by atoms with E-state index in [1.165, 1.54) is 11.1 Å². The molecule has 1 aromatic carbocycles. The molecule has 10 heteroatoms. The van der Waals surface area contributed by atoms with E-state index in [4.69, 9.17) is 33.4 Å². The van der Waals surface area contributed by atoms with Crippen molar-refractivity contribution in [1.82, 2.24) is 19.8 Å². The van der Waals surface area contributed by atoms with Crippen LogP contribution in [0.25, 0.3) is 16.8 Å². The van der Waals surface area contributed by atoms with Crippen LogP contribution < -0.4 is 14.2 Å². The van der Waals surface area contributed by atoms with Crippen molar-refractivity contribution in [2.75, 3.05) is 55.7 Å². The summed E-state index contributed by atoms with van der Waals surface area (Å²) in [5.74, 6) is 2.49. The van der Waals surface area contributed by atoms with Gasteiger partial charge in [0.25, 0.3) is 0 Å². The molecule has 0 radical (unpaired) electrons. The van der Waals surface area contributed by atoms with E-state index in [-0.39, 0.29) is 6.10 Å². The van der Waals surface area contributed by atoms with Crippen molar-refractivity contribution in [2.45, 2.75) is 57.6 Å². The van der Waals surface area contributed by atoms with Gasteiger partial charge in [0.05, 0.1) is 39.8 Å². The van der Waals surface area contributed by atoms with E-state index in [1.54, 1.807) is 42.7 Å². The smallest absolute Gasteiger partial charge is 0.203 e. The van der Waals surface area contributed by atoms with Gasteiger partial charge in [-0.2, -0.15) is 0 Å². The lowest BCUT2D eigenvalue weighted by Gasteiger charge is -2.44. The number of piperazine rings is 1. The fourth-order valence-electron chi connectivity index (χ4n) is 6.83. The first-order valence-corrected chi connectivity index (χ1v) is 15.9. The van der Waals surface area contributed by atoms with Crippen LogP contribution in [-0.4, -0.2) is 99.3 Å². The SMILES string of the molecule is COC1=CC(c2cc(CN3[C@H](C)CN(Cc4ccnc(-c5cc(OC)c(OC)c(OC)c5)c4)C[C@@H]3C)ccn2)=CC(C)(OC)C1OC. The summed E-state index contributed by atoms with van der Waals surface area (Å²) in [4.78, 5) is 14.5. The molecular weight excluding hydrogens is 596 g/mol. The minimum atomic E-state index is -0.675. The number of hydrogen-bond acceptors (Lipinski definition) is 10. The summed E-state index contributed by atoms with van der Waals surface area (Å²) in [5.41, 5.74) is 5.35. The van der Waals surface area contributed by atoms with Crippen molar-refractivity contribution in [3.8, 4) is 28.5 Å². The molecule has 2 unspecified atom stereocenters. The third kappa shape index (κ3) is 7.31. The van der Waals surface area contributed by atoms with Crippen LogP contribution in [-0.2, 0) is 27.3 Å². The molecule has 252 valence electrons. The maximum atomic E-state index is 5.87. The largest absolute Gasteiger partial charge is 0.498 e. The Morgan fingerprint density at radius 2 is 1.36 bits per heavy atom. The Kier molecular flexibility index (Phi) is 10.9. The van der Waals surface area contributed by atoms with Gasteiger partial charge < -0.3 is 28.4 Å². The standard InChI is InChI=1S/C37H48N4O6/c1-24-20-40(22-26-10-12-38-30(14-26)28-16-32(42-4)35(45-7)33(17-28)43-5)21-25(2)41(24)23-27-11-13-39-31(15-27)29-18-34(44-6)36(46-8)37(3,19-29)47-9/h10-19,24-25,36H,20-23H2,1-9H3/t24-,25+,36?,37?.